The van der Waals surface area contributed by atoms with Gasteiger partial charge >= 0.3 is 0 Å². The molecule has 1 fully saturated rings. The zero-order valence-electron chi connectivity index (χ0n) is 9.95. The van der Waals surface area contributed by atoms with Gasteiger partial charge in [0.25, 0.3) is 0 Å². The lowest BCUT2D eigenvalue weighted by Gasteiger charge is -2.06. The molecule has 2 rings (SSSR count). The molecule has 1 aromatic rings. The van der Waals surface area contributed by atoms with E-state index < -0.39 is 0 Å². The molecule has 0 aliphatic heterocycles. The number of aryl methyl sites for hydroxylation is 1. The van der Waals surface area contributed by atoms with Gasteiger partial charge in [-0.3, -0.25) is 4.68 Å². The number of rotatable bonds is 5. The summed E-state index contributed by atoms with van der Waals surface area (Å²) in [6.07, 6.45) is 3.74. The van der Waals surface area contributed by atoms with Crippen molar-refractivity contribution in [3.63, 3.8) is 0 Å². The minimum atomic E-state index is 0.511. The minimum absolute atomic E-state index is 0.511. The molecule has 0 saturated heterocycles. The molecule has 0 spiro atoms. The third-order valence-electron chi connectivity index (χ3n) is 3.16. The Morgan fingerprint density at radius 3 is 2.87 bits per heavy atom. The Balaban J connectivity index is 2.11. The van der Waals surface area contributed by atoms with Gasteiger partial charge in [0, 0.05) is 30.6 Å². The van der Waals surface area contributed by atoms with Crippen molar-refractivity contribution in [1.82, 2.24) is 15.1 Å². The van der Waals surface area contributed by atoms with Crippen molar-refractivity contribution in [3.05, 3.63) is 17.5 Å². The van der Waals surface area contributed by atoms with Crippen molar-refractivity contribution in [2.24, 2.45) is 0 Å². The Hall–Kier alpha value is -0.830. The van der Waals surface area contributed by atoms with E-state index >= 15 is 0 Å². The SMILES string of the molecule is CCn1nc(CC(C)NC)cc1C1CC1. The molecule has 0 radical (unpaired) electrons. The Bertz CT molecular complexity index is 326. The lowest BCUT2D eigenvalue weighted by atomic mass is 10.1. The predicted molar refractivity (Wildman–Crippen MR) is 62.1 cm³/mol. The number of hydrogen-bond donors (Lipinski definition) is 1. The van der Waals surface area contributed by atoms with E-state index in [4.69, 9.17) is 0 Å². The molecule has 1 atom stereocenters. The third kappa shape index (κ3) is 2.40. The van der Waals surface area contributed by atoms with E-state index in [0.29, 0.717) is 6.04 Å². The van der Waals surface area contributed by atoms with Crippen LogP contribution in [0.3, 0.4) is 0 Å². The number of aromatic nitrogens is 2. The van der Waals surface area contributed by atoms with Crippen molar-refractivity contribution < 1.29 is 0 Å². The minimum Gasteiger partial charge on any atom is -0.317 e. The second kappa shape index (κ2) is 4.35. The Morgan fingerprint density at radius 1 is 1.60 bits per heavy atom. The van der Waals surface area contributed by atoms with Crippen molar-refractivity contribution in [1.29, 1.82) is 0 Å². The molecule has 3 heteroatoms. The van der Waals surface area contributed by atoms with Gasteiger partial charge in [-0.2, -0.15) is 5.10 Å². The number of nitrogens with zero attached hydrogens (tertiary/aromatic N) is 2. The molecule has 15 heavy (non-hydrogen) atoms. The van der Waals surface area contributed by atoms with Crippen molar-refractivity contribution in [2.75, 3.05) is 7.05 Å². The van der Waals surface area contributed by atoms with Crippen LogP contribution in [0, 0.1) is 0 Å². The molecular weight excluding hydrogens is 186 g/mol. The summed E-state index contributed by atoms with van der Waals surface area (Å²) in [7, 11) is 2.00. The van der Waals surface area contributed by atoms with E-state index in [1.807, 2.05) is 7.05 Å². The lowest BCUT2D eigenvalue weighted by Crippen LogP contribution is -2.23. The summed E-state index contributed by atoms with van der Waals surface area (Å²) in [5.74, 6) is 0.802. The Kier molecular flexibility index (Phi) is 3.10. The van der Waals surface area contributed by atoms with Gasteiger partial charge in [0.2, 0.25) is 0 Å². The summed E-state index contributed by atoms with van der Waals surface area (Å²) >= 11 is 0. The van der Waals surface area contributed by atoms with Gasteiger partial charge in [0.1, 0.15) is 0 Å². The first-order valence-electron chi connectivity index (χ1n) is 5.98. The van der Waals surface area contributed by atoms with E-state index in [9.17, 15) is 0 Å². The number of likely N-dealkylation sites (N-methyl/N-ethyl adjacent to an activating group) is 1. The molecule has 0 bridgehead atoms. The van der Waals surface area contributed by atoms with Crippen molar-refractivity contribution >= 4 is 0 Å². The molecule has 1 saturated carbocycles. The van der Waals surface area contributed by atoms with Gasteiger partial charge in [-0.05, 0) is 39.8 Å². The fourth-order valence-corrected chi connectivity index (χ4v) is 1.96. The summed E-state index contributed by atoms with van der Waals surface area (Å²) in [4.78, 5) is 0. The maximum Gasteiger partial charge on any atom is 0.0643 e. The van der Waals surface area contributed by atoms with Crippen molar-refractivity contribution in [3.8, 4) is 0 Å². The summed E-state index contributed by atoms with van der Waals surface area (Å²) < 4.78 is 2.18. The van der Waals surface area contributed by atoms with Crippen LogP contribution >= 0.6 is 0 Å². The summed E-state index contributed by atoms with van der Waals surface area (Å²) in [6, 6.07) is 2.81. The first kappa shape index (κ1) is 10.7. The molecular formula is C12H21N3. The van der Waals surface area contributed by atoms with E-state index in [1.54, 1.807) is 0 Å². The molecule has 84 valence electrons. The largest absolute Gasteiger partial charge is 0.317 e. The van der Waals surface area contributed by atoms with Gasteiger partial charge in [0.15, 0.2) is 0 Å². The molecule has 1 aromatic heterocycles. The van der Waals surface area contributed by atoms with Crippen LogP contribution in [-0.4, -0.2) is 22.9 Å². The summed E-state index contributed by atoms with van der Waals surface area (Å²) in [6.45, 7) is 5.37. The van der Waals surface area contributed by atoms with Crippen LogP contribution in [0.1, 0.15) is 44.0 Å². The first-order chi connectivity index (χ1) is 7.24. The molecule has 0 aromatic carbocycles. The monoisotopic (exact) mass is 207 g/mol. The van der Waals surface area contributed by atoms with E-state index in [0.717, 1.165) is 18.9 Å². The lowest BCUT2D eigenvalue weighted by molar-refractivity contribution is 0.575. The zero-order chi connectivity index (χ0) is 10.8. The van der Waals surface area contributed by atoms with Crippen LogP contribution in [0.5, 0.6) is 0 Å². The predicted octanol–water partition coefficient (Wildman–Crippen LogP) is 1.93. The van der Waals surface area contributed by atoms with Gasteiger partial charge in [-0.15, -0.1) is 0 Å². The molecule has 3 nitrogen and oxygen atoms in total. The second-order valence-electron chi connectivity index (χ2n) is 4.54. The van der Waals surface area contributed by atoms with E-state index in [1.165, 1.54) is 24.2 Å². The fraction of sp³-hybridized carbons (Fsp3) is 0.750. The normalized spacial score (nSPS) is 18.1. The fourth-order valence-electron chi connectivity index (χ4n) is 1.96. The third-order valence-corrected chi connectivity index (χ3v) is 3.16. The van der Waals surface area contributed by atoms with Gasteiger partial charge in [0.05, 0.1) is 5.69 Å². The Morgan fingerprint density at radius 2 is 2.33 bits per heavy atom. The smallest absolute Gasteiger partial charge is 0.0643 e. The van der Waals surface area contributed by atoms with Crippen LogP contribution in [0.25, 0.3) is 0 Å². The standard InChI is InChI=1S/C12H21N3/c1-4-15-12(10-5-6-10)8-11(14-15)7-9(2)13-3/h8-10,13H,4-7H2,1-3H3. The Labute approximate surface area is 91.9 Å². The molecule has 0 amide bonds. The number of nitrogens with one attached hydrogen (secondary N) is 1. The zero-order valence-corrected chi connectivity index (χ0v) is 9.95. The topological polar surface area (TPSA) is 29.9 Å². The molecule has 1 N–H and O–H groups in total. The van der Waals surface area contributed by atoms with Crippen LogP contribution in [0.2, 0.25) is 0 Å². The quantitative estimate of drug-likeness (QED) is 0.799. The highest BCUT2D eigenvalue weighted by atomic mass is 15.3. The van der Waals surface area contributed by atoms with Crippen LogP contribution in [0.15, 0.2) is 6.07 Å². The highest BCUT2D eigenvalue weighted by molar-refractivity contribution is 5.19. The molecule has 1 aliphatic carbocycles. The van der Waals surface area contributed by atoms with Crippen LogP contribution in [0.4, 0.5) is 0 Å². The molecule has 1 heterocycles. The van der Waals surface area contributed by atoms with Gasteiger partial charge < -0.3 is 5.32 Å². The molecule has 1 aliphatic rings. The average molecular weight is 207 g/mol. The molecule has 1 unspecified atom stereocenters. The van der Waals surface area contributed by atoms with Gasteiger partial charge in [-0.25, -0.2) is 0 Å². The second-order valence-corrected chi connectivity index (χ2v) is 4.54. The average Bonchev–Trinajstić information content (AvgIpc) is 3.00. The summed E-state index contributed by atoms with van der Waals surface area (Å²) in [5.41, 5.74) is 2.69. The first-order valence-corrected chi connectivity index (χ1v) is 5.98. The van der Waals surface area contributed by atoms with Crippen molar-refractivity contribution in [2.45, 2.75) is 51.6 Å². The van der Waals surface area contributed by atoms with E-state index in [2.05, 4.69) is 35.0 Å². The van der Waals surface area contributed by atoms with Gasteiger partial charge in [-0.1, -0.05) is 0 Å². The number of hydrogen-bond acceptors (Lipinski definition) is 2. The van der Waals surface area contributed by atoms with Crippen LogP contribution < -0.4 is 5.32 Å². The highest BCUT2D eigenvalue weighted by Crippen LogP contribution is 2.40. The van der Waals surface area contributed by atoms with E-state index in [-0.39, 0.29) is 0 Å². The maximum atomic E-state index is 4.65. The maximum absolute atomic E-state index is 4.65. The summed E-state index contributed by atoms with van der Waals surface area (Å²) in [5, 5.41) is 7.91. The van der Waals surface area contributed by atoms with Crippen LogP contribution in [-0.2, 0) is 13.0 Å². The highest BCUT2D eigenvalue weighted by Gasteiger charge is 2.27.